The lowest BCUT2D eigenvalue weighted by Gasteiger charge is -2.09. The first-order valence-electron chi connectivity index (χ1n) is 6.09. The molecule has 0 bridgehead atoms. The van der Waals surface area contributed by atoms with E-state index in [0.717, 1.165) is 5.56 Å². The Labute approximate surface area is 117 Å². The van der Waals surface area contributed by atoms with Crippen molar-refractivity contribution < 1.29 is 4.79 Å². The number of carbonyl (C=O) groups is 1. The summed E-state index contributed by atoms with van der Waals surface area (Å²) in [4.78, 5) is 12.0. The quantitative estimate of drug-likeness (QED) is 0.830. The van der Waals surface area contributed by atoms with Gasteiger partial charge < -0.3 is 0 Å². The molecule has 2 N–H and O–H groups in total. The smallest absolute Gasteiger partial charge is 0.269 e. The number of aryl methyl sites for hydroxylation is 3. The maximum Gasteiger partial charge on any atom is 0.269 e. The Balaban J connectivity index is 2.11. The van der Waals surface area contributed by atoms with Gasteiger partial charge in [-0.25, -0.2) is 0 Å². The van der Waals surface area contributed by atoms with Crippen LogP contribution in [0.2, 0.25) is 0 Å². The fourth-order valence-corrected chi connectivity index (χ4v) is 1.83. The standard InChI is InChI=1S/C14H15N5O/c1-9-4-6-11(7-5-9)14(20)17-16-13-12(8-15)10(2)18-19(13)3/h4-7,16H,1-3H3,(H,17,20). The van der Waals surface area contributed by atoms with Gasteiger partial charge in [0.2, 0.25) is 0 Å². The molecular formula is C14H15N5O. The predicted octanol–water partition coefficient (Wildman–Crippen LogP) is 1.67. The van der Waals surface area contributed by atoms with Crippen molar-refractivity contribution in [2.45, 2.75) is 13.8 Å². The first kappa shape index (κ1) is 13.6. The van der Waals surface area contributed by atoms with Crippen molar-refractivity contribution in [3.8, 4) is 6.07 Å². The average molecular weight is 269 g/mol. The molecule has 20 heavy (non-hydrogen) atoms. The number of nitrogens with one attached hydrogen (secondary N) is 2. The Morgan fingerprint density at radius 3 is 2.55 bits per heavy atom. The summed E-state index contributed by atoms with van der Waals surface area (Å²) in [5.74, 6) is 0.193. The van der Waals surface area contributed by atoms with Gasteiger partial charge in [-0.2, -0.15) is 10.4 Å². The summed E-state index contributed by atoms with van der Waals surface area (Å²) in [6, 6.07) is 9.27. The zero-order valence-electron chi connectivity index (χ0n) is 11.6. The summed E-state index contributed by atoms with van der Waals surface area (Å²) < 4.78 is 1.52. The summed E-state index contributed by atoms with van der Waals surface area (Å²) in [7, 11) is 1.70. The van der Waals surface area contributed by atoms with Gasteiger partial charge in [-0.05, 0) is 26.0 Å². The third-order valence-corrected chi connectivity index (χ3v) is 2.94. The van der Waals surface area contributed by atoms with Gasteiger partial charge in [0.15, 0.2) is 5.82 Å². The van der Waals surface area contributed by atoms with E-state index in [9.17, 15) is 4.79 Å². The fourth-order valence-electron chi connectivity index (χ4n) is 1.83. The van der Waals surface area contributed by atoms with E-state index in [0.29, 0.717) is 22.6 Å². The topological polar surface area (TPSA) is 82.7 Å². The van der Waals surface area contributed by atoms with Crippen molar-refractivity contribution in [3.05, 3.63) is 46.6 Å². The second-order valence-corrected chi connectivity index (χ2v) is 4.49. The molecule has 1 aromatic carbocycles. The number of nitrogens with zero attached hydrogens (tertiary/aromatic N) is 3. The molecule has 0 fully saturated rings. The van der Waals surface area contributed by atoms with Crippen molar-refractivity contribution in [3.63, 3.8) is 0 Å². The lowest BCUT2D eigenvalue weighted by atomic mass is 10.1. The lowest BCUT2D eigenvalue weighted by Crippen LogP contribution is -2.30. The Morgan fingerprint density at radius 1 is 1.30 bits per heavy atom. The molecule has 1 heterocycles. The first-order chi connectivity index (χ1) is 9.52. The van der Waals surface area contributed by atoms with E-state index >= 15 is 0 Å². The number of anilines is 1. The Bertz CT molecular complexity index is 679. The molecule has 2 aromatic rings. The molecule has 0 saturated carbocycles. The van der Waals surface area contributed by atoms with E-state index in [1.165, 1.54) is 4.68 Å². The third kappa shape index (κ3) is 2.62. The molecular weight excluding hydrogens is 254 g/mol. The maximum atomic E-state index is 12.0. The summed E-state index contributed by atoms with van der Waals surface area (Å²) >= 11 is 0. The van der Waals surface area contributed by atoms with Crippen LogP contribution in [-0.2, 0) is 7.05 Å². The number of aromatic nitrogens is 2. The van der Waals surface area contributed by atoms with Crippen molar-refractivity contribution in [2.24, 2.45) is 7.05 Å². The Hall–Kier alpha value is -2.81. The normalized spacial score (nSPS) is 9.90. The third-order valence-electron chi connectivity index (χ3n) is 2.94. The molecule has 0 unspecified atom stereocenters. The highest BCUT2D eigenvalue weighted by Gasteiger charge is 2.13. The zero-order chi connectivity index (χ0) is 14.7. The minimum Gasteiger partial charge on any atom is -0.281 e. The minimum atomic E-state index is -0.271. The second-order valence-electron chi connectivity index (χ2n) is 4.49. The molecule has 1 amide bonds. The highest BCUT2D eigenvalue weighted by molar-refractivity contribution is 5.94. The minimum absolute atomic E-state index is 0.271. The van der Waals surface area contributed by atoms with E-state index in [1.54, 1.807) is 26.1 Å². The number of nitriles is 1. The van der Waals surface area contributed by atoms with E-state index in [1.807, 2.05) is 19.1 Å². The summed E-state index contributed by atoms with van der Waals surface area (Å²) in [6.45, 7) is 3.70. The van der Waals surface area contributed by atoms with E-state index < -0.39 is 0 Å². The fraction of sp³-hybridized carbons (Fsp3) is 0.214. The molecule has 0 spiro atoms. The number of carbonyl (C=O) groups excluding carboxylic acids is 1. The van der Waals surface area contributed by atoms with Crippen LogP contribution >= 0.6 is 0 Å². The van der Waals surface area contributed by atoms with Gasteiger partial charge in [-0.1, -0.05) is 17.7 Å². The molecule has 102 valence electrons. The number of rotatable bonds is 3. The maximum absolute atomic E-state index is 12.0. The summed E-state index contributed by atoms with van der Waals surface area (Å²) in [5.41, 5.74) is 7.96. The largest absolute Gasteiger partial charge is 0.281 e. The lowest BCUT2D eigenvalue weighted by molar-refractivity contribution is 0.0962. The van der Waals surface area contributed by atoms with Crippen LogP contribution in [0.25, 0.3) is 0 Å². The average Bonchev–Trinajstić information content (AvgIpc) is 2.70. The molecule has 2 rings (SSSR count). The van der Waals surface area contributed by atoms with Crippen LogP contribution in [-0.4, -0.2) is 15.7 Å². The van der Waals surface area contributed by atoms with Crippen LogP contribution in [0.15, 0.2) is 24.3 Å². The molecule has 0 aliphatic carbocycles. The van der Waals surface area contributed by atoms with Crippen LogP contribution in [0.3, 0.4) is 0 Å². The monoisotopic (exact) mass is 269 g/mol. The van der Waals surface area contributed by atoms with Crippen LogP contribution in [0.5, 0.6) is 0 Å². The number of amides is 1. The number of hydrogen-bond donors (Lipinski definition) is 2. The molecule has 0 radical (unpaired) electrons. The molecule has 0 atom stereocenters. The number of hydrogen-bond acceptors (Lipinski definition) is 4. The molecule has 1 aromatic heterocycles. The highest BCUT2D eigenvalue weighted by Crippen LogP contribution is 2.16. The second kappa shape index (κ2) is 5.45. The van der Waals surface area contributed by atoms with E-state index in [-0.39, 0.29) is 5.91 Å². The van der Waals surface area contributed by atoms with Crippen molar-refractivity contribution in [1.29, 1.82) is 5.26 Å². The van der Waals surface area contributed by atoms with Gasteiger partial charge in [0, 0.05) is 12.6 Å². The van der Waals surface area contributed by atoms with Gasteiger partial charge in [0.1, 0.15) is 11.6 Å². The summed E-state index contributed by atoms with van der Waals surface area (Å²) in [5, 5.41) is 13.2. The predicted molar refractivity (Wildman–Crippen MR) is 74.9 cm³/mol. The van der Waals surface area contributed by atoms with Gasteiger partial charge in [0.05, 0.1) is 5.69 Å². The molecule has 6 nitrogen and oxygen atoms in total. The number of hydrazine groups is 1. The summed E-state index contributed by atoms with van der Waals surface area (Å²) in [6.07, 6.45) is 0. The van der Waals surface area contributed by atoms with Crippen LogP contribution in [0.4, 0.5) is 5.82 Å². The van der Waals surface area contributed by atoms with Crippen LogP contribution < -0.4 is 10.9 Å². The highest BCUT2D eigenvalue weighted by atomic mass is 16.2. The van der Waals surface area contributed by atoms with Gasteiger partial charge in [-0.3, -0.25) is 20.3 Å². The molecule has 0 saturated heterocycles. The van der Waals surface area contributed by atoms with Gasteiger partial charge in [-0.15, -0.1) is 0 Å². The van der Waals surface area contributed by atoms with E-state index in [2.05, 4.69) is 22.0 Å². The Morgan fingerprint density at radius 2 is 1.95 bits per heavy atom. The first-order valence-corrected chi connectivity index (χ1v) is 6.09. The van der Waals surface area contributed by atoms with E-state index in [4.69, 9.17) is 5.26 Å². The molecule has 0 aliphatic heterocycles. The van der Waals surface area contributed by atoms with Crippen molar-refractivity contribution in [1.82, 2.24) is 15.2 Å². The van der Waals surface area contributed by atoms with Gasteiger partial charge >= 0.3 is 0 Å². The SMILES string of the molecule is Cc1ccc(C(=O)NNc2c(C#N)c(C)nn2C)cc1. The van der Waals surface area contributed by atoms with Crippen molar-refractivity contribution >= 4 is 11.7 Å². The van der Waals surface area contributed by atoms with Gasteiger partial charge in [0.25, 0.3) is 5.91 Å². The van der Waals surface area contributed by atoms with Crippen molar-refractivity contribution in [2.75, 3.05) is 5.43 Å². The zero-order valence-corrected chi connectivity index (χ0v) is 11.6. The number of benzene rings is 1. The van der Waals surface area contributed by atoms with Crippen LogP contribution in [0, 0.1) is 25.2 Å². The molecule has 6 heteroatoms. The molecule has 0 aliphatic rings. The Kier molecular flexibility index (Phi) is 3.71. The van der Waals surface area contributed by atoms with Crippen LogP contribution in [0.1, 0.15) is 27.2 Å².